The van der Waals surface area contributed by atoms with E-state index < -0.39 is 23.5 Å². The molecule has 1 aromatic heterocycles. The fourth-order valence-electron chi connectivity index (χ4n) is 4.10. The molecule has 1 atom stereocenters. The smallest absolute Gasteiger partial charge is 0.319 e. The minimum atomic E-state index is -0.897. The van der Waals surface area contributed by atoms with Gasteiger partial charge in [-0.1, -0.05) is 53.7 Å². The second-order valence-corrected chi connectivity index (χ2v) is 8.41. The molecule has 2 heterocycles. The van der Waals surface area contributed by atoms with Crippen LogP contribution in [0.3, 0.4) is 0 Å². The van der Waals surface area contributed by atoms with Gasteiger partial charge in [-0.25, -0.2) is 4.79 Å². The number of anilines is 1. The van der Waals surface area contributed by atoms with E-state index in [2.05, 4.69) is 26.3 Å². The second-order valence-electron chi connectivity index (χ2n) is 8.41. The van der Waals surface area contributed by atoms with Crippen molar-refractivity contribution in [1.29, 1.82) is 0 Å². The number of nitrogens with one attached hydrogen (secondary N) is 3. The van der Waals surface area contributed by atoms with Crippen molar-refractivity contribution in [3.63, 3.8) is 0 Å². The molecule has 4 amide bonds. The monoisotopic (exact) mass is 482 g/mol. The molecule has 1 aliphatic rings. The molecular weight excluding hydrogens is 460 g/mol. The van der Waals surface area contributed by atoms with Crippen molar-refractivity contribution in [3.8, 4) is 11.1 Å². The SMILES string of the molecule is O=C1CCC(n2nnc3ccc(CNC(=O)Nc4cccc(-c5ccccc5)c4)cc3c2=O)C(=O)N1. The number of piperidine rings is 1. The quantitative estimate of drug-likeness (QED) is 0.375. The van der Waals surface area contributed by atoms with Gasteiger partial charge in [-0.05, 0) is 47.4 Å². The molecule has 1 aliphatic heterocycles. The number of hydrogen-bond donors (Lipinski definition) is 3. The summed E-state index contributed by atoms with van der Waals surface area (Å²) >= 11 is 0. The summed E-state index contributed by atoms with van der Waals surface area (Å²) in [6, 6.07) is 21.1. The van der Waals surface area contributed by atoms with E-state index in [4.69, 9.17) is 0 Å². The number of hydrogen-bond acceptors (Lipinski definition) is 6. The summed E-state index contributed by atoms with van der Waals surface area (Å²) in [5, 5.41) is 16.0. The third-order valence-electron chi connectivity index (χ3n) is 5.93. The van der Waals surface area contributed by atoms with Gasteiger partial charge in [-0.3, -0.25) is 19.7 Å². The van der Waals surface area contributed by atoms with Crippen molar-refractivity contribution in [2.45, 2.75) is 25.4 Å². The van der Waals surface area contributed by atoms with Crippen LogP contribution < -0.4 is 21.5 Å². The van der Waals surface area contributed by atoms with Gasteiger partial charge in [0.1, 0.15) is 11.6 Å². The van der Waals surface area contributed by atoms with Crippen LogP contribution in [-0.2, 0) is 16.1 Å². The van der Waals surface area contributed by atoms with Crippen molar-refractivity contribution in [2.75, 3.05) is 5.32 Å². The number of aromatic nitrogens is 3. The van der Waals surface area contributed by atoms with E-state index in [1.807, 2.05) is 48.5 Å². The second kappa shape index (κ2) is 9.79. The molecule has 3 aromatic carbocycles. The first kappa shape index (κ1) is 22.9. The molecule has 4 aromatic rings. The first-order valence-electron chi connectivity index (χ1n) is 11.4. The van der Waals surface area contributed by atoms with E-state index in [1.165, 1.54) is 0 Å². The number of amides is 4. The molecule has 36 heavy (non-hydrogen) atoms. The molecule has 180 valence electrons. The molecule has 1 fully saturated rings. The maximum absolute atomic E-state index is 13.0. The molecule has 0 radical (unpaired) electrons. The van der Waals surface area contributed by atoms with Crippen LogP contribution in [0.1, 0.15) is 24.4 Å². The van der Waals surface area contributed by atoms with E-state index in [0.717, 1.165) is 15.8 Å². The lowest BCUT2D eigenvalue weighted by Gasteiger charge is -2.21. The molecular formula is C26H22N6O4. The lowest BCUT2D eigenvalue weighted by molar-refractivity contribution is -0.136. The molecule has 10 nitrogen and oxygen atoms in total. The zero-order valence-electron chi connectivity index (χ0n) is 19.1. The fourth-order valence-corrected chi connectivity index (χ4v) is 4.10. The molecule has 0 bridgehead atoms. The van der Waals surface area contributed by atoms with Crippen molar-refractivity contribution in [3.05, 3.63) is 88.7 Å². The number of benzene rings is 3. The van der Waals surface area contributed by atoms with Crippen LogP contribution in [0.25, 0.3) is 22.0 Å². The summed E-state index contributed by atoms with van der Waals surface area (Å²) in [6.07, 6.45) is 0.299. The van der Waals surface area contributed by atoms with Crippen molar-refractivity contribution < 1.29 is 14.4 Å². The van der Waals surface area contributed by atoms with Crippen molar-refractivity contribution in [2.24, 2.45) is 0 Å². The number of carbonyl (C=O) groups is 3. The molecule has 1 unspecified atom stereocenters. The van der Waals surface area contributed by atoms with Crippen molar-refractivity contribution >= 4 is 34.4 Å². The Kier molecular flexibility index (Phi) is 6.23. The highest BCUT2D eigenvalue weighted by molar-refractivity contribution is 5.99. The van der Waals surface area contributed by atoms with Crippen LogP contribution in [0.4, 0.5) is 10.5 Å². The van der Waals surface area contributed by atoms with Crippen LogP contribution in [0.2, 0.25) is 0 Å². The number of carbonyl (C=O) groups excluding carboxylic acids is 3. The minimum Gasteiger partial charge on any atom is -0.334 e. The first-order chi connectivity index (χ1) is 17.5. The maximum Gasteiger partial charge on any atom is 0.319 e. The van der Waals surface area contributed by atoms with Gasteiger partial charge in [0.25, 0.3) is 11.5 Å². The van der Waals surface area contributed by atoms with Crippen LogP contribution in [-0.4, -0.2) is 32.8 Å². The van der Waals surface area contributed by atoms with Crippen LogP contribution in [0, 0.1) is 0 Å². The molecule has 5 rings (SSSR count). The molecule has 0 aliphatic carbocycles. The molecule has 1 saturated heterocycles. The van der Waals surface area contributed by atoms with Gasteiger partial charge in [-0.2, -0.15) is 4.68 Å². The average Bonchev–Trinajstić information content (AvgIpc) is 2.89. The predicted octanol–water partition coefficient (Wildman–Crippen LogP) is 2.76. The topological polar surface area (TPSA) is 135 Å². The number of fused-ring (bicyclic) bond motifs is 1. The molecule has 0 spiro atoms. The Morgan fingerprint density at radius 2 is 1.78 bits per heavy atom. The highest BCUT2D eigenvalue weighted by atomic mass is 16.2. The lowest BCUT2D eigenvalue weighted by atomic mass is 10.1. The van der Waals surface area contributed by atoms with E-state index in [-0.39, 0.29) is 30.7 Å². The normalized spacial score (nSPS) is 15.4. The average molecular weight is 483 g/mol. The largest absolute Gasteiger partial charge is 0.334 e. The van der Waals surface area contributed by atoms with Gasteiger partial charge in [0.15, 0.2) is 0 Å². The number of imide groups is 1. The zero-order chi connectivity index (χ0) is 25.1. The fraction of sp³-hybridized carbons (Fsp3) is 0.154. The van der Waals surface area contributed by atoms with Gasteiger partial charge in [0.2, 0.25) is 5.91 Å². The Labute approximate surface area is 205 Å². The van der Waals surface area contributed by atoms with Gasteiger partial charge in [0, 0.05) is 18.7 Å². The number of rotatable bonds is 5. The van der Waals surface area contributed by atoms with Crippen LogP contribution in [0.15, 0.2) is 77.6 Å². The number of urea groups is 1. The van der Waals surface area contributed by atoms with E-state index in [0.29, 0.717) is 16.8 Å². The standard InChI is InChI=1S/C26H22N6O4/c33-23-12-11-22(24(34)29-23)32-25(35)20-13-16(9-10-21(20)30-31-32)15-27-26(36)28-19-8-4-7-18(14-19)17-5-2-1-3-6-17/h1-10,13-14,22H,11-12,15H2,(H2,27,28,36)(H,29,33,34). The summed E-state index contributed by atoms with van der Waals surface area (Å²) in [5.41, 5.74) is 3.23. The minimum absolute atomic E-state index is 0.121. The summed E-state index contributed by atoms with van der Waals surface area (Å²) in [4.78, 5) is 49.1. The van der Waals surface area contributed by atoms with Gasteiger partial charge in [-0.15, -0.1) is 5.10 Å². The Balaban J connectivity index is 1.28. The molecule has 0 saturated carbocycles. The highest BCUT2D eigenvalue weighted by Gasteiger charge is 2.30. The summed E-state index contributed by atoms with van der Waals surface area (Å²) < 4.78 is 1.01. The van der Waals surface area contributed by atoms with Gasteiger partial charge >= 0.3 is 6.03 Å². The number of nitrogens with zero attached hydrogens (tertiary/aromatic N) is 3. The lowest BCUT2D eigenvalue weighted by Crippen LogP contribution is -2.45. The molecule has 10 heteroatoms. The van der Waals surface area contributed by atoms with Crippen LogP contribution in [0.5, 0.6) is 0 Å². The molecule has 3 N–H and O–H groups in total. The van der Waals surface area contributed by atoms with E-state index in [1.54, 1.807) is 24.3 Å². The maximum atomic E-state index is 13.0. The van der Waals surface area contributed by atoms with E-state index in [9.17, 15) is 19.2 Å². The Morgan fingerprint density at radius 1 is 0.972 bits per heavy atom. The Hall–Kier alpha value is -4.86. The van der Waals surface area contributed by atoms with Crippen LogP contribution >= 0.6 is 0 Å². The zero-order valence-corrected chi connectivity index (χ0v) is 19.1. The Morgan fingerprint density at radius 3 is 2.58 bits per heavy atom. The summed E-state index contributed by atoms with van der Waals surface area (Å²) in [5.74, 6) is -0.954. The highest BCUT2D eigenvalue weighted by Crippen LogP contribution is 2.22. The summed E-state index contributed by atoms with van der Waals surface area (Å²) in [6.45, 7) is 0.167. The van der Waals surface area contributed by atoms with Crippen molar-refractivity contribution in [1.82, 2.24) is 25.6 Å². The van der Waals surface area contributed by atoms with Gasteiger partial charge in [0.05, 0.1) is 5.39 Å². The first-order valence-corrected chi connectivity index (χ1v) is 11.4. The predicted molar refractivity (Wildman–Crippen MR) is 133 cm³/mol. The van der Waals surface area contributed by atoms with Gasteiger partial charge < -0.3 is 10.6 Å². The van der Waals surface area contributed by atoms with E-state index >= 15 is 0 Å². The third-order valence-corrected chi connectivity index (χ3v) is 5.93. The Bertz CT molecular complexity index is 1530. The summed E-state index contributed by atoms with van der Waals surface area (Å²) in [7, 11) is 0. The third kappa shape index (κ3) is 4.83.